The van der Waals surface area contributed by atoms with Gasteiger partial charge in [0.2, 0.25) is 5.89 Å². The van der Waals surface area contributed by atoms with Gasteiger partial charge in [0.15, 0.2) is 23.1 Å². The van der Waals surface area contributed by atoms with Crippen LogP contribution in [0.25, 0.3) is 87.7 Å². The second kappa shape index (κ2) is 9.93. The molecule has 0 aliphatic heterocycles. The quantitative estimate of drug-likeness (QED) is 0.207. The van der Waals surface area contributed by atoms with E-state index in [4.69, 9.17) is 24.4 Å². The first-order valence-corrected chi connectivity index (χ1v) is 15.2. The summed E-state index contributed by atoms with van der Waals surface area (Å²) in [5.41, 5.74) is 5.26. The molecule has 5 nitrogen and oxygen atoms in total. The van der Waals surface area contributed by atoms with Gasteiger partial charge >= 0.3 is 0 Å². The van der Waals surface area contributed by atoms with Gasteiger partial charge in [-0.15, -0.1) is 11.3 Å². The summed E-state index contributed by atoms with van der Waals surface area (Å²) in [7, 11) is 0. The van der Waals surface area contributed by atoms with Crippen LogP contribution < -0.4 is 0 Å². The van der Waals surface area contributed by atoms with E-state index >= 15 is 0 Å². The van der Waals surface area contributed by atoms with E-state index in [1.165, 1.54) is 14.8 Å². The van der Waals surface area contributed by atoms with E-state index < -0.39 is 0 Å². The molecule has 0 unspecified atom stereocenters. The molecule has 0 spiro atoms. The molecule has 0 amide bonds. The molecule has 9 rings (SSSR count). The van der Waals surface area contributed by atoms with Crippen molar-refractivity contribution >= 4 is 53.4 Å². The van der Waals surface area contributed by atoms with Crippen molar-refractivity contribution in [2.45, 2.75) is 0 Å². The summed E-state index contributed by atoms with van der Waals surface area (Å²) in [6.07, 6.45) is 0. The molecule has 0 radical (unpaired) electrons. The van der Waals surface area contributed by atoms with Crippen LogP contribution in [0.5, 0.6) is 0 Å². The van der Waals surface area contributed by atoms with Crippen LogP contribution in [0, 0.1) is 0 Å². The summed E-state index contributed by atoms with van der Waals surface area (Å²) in [5, 5.41) is 4.40. The van der Waals surface area contributed by atoms with Crippen LogP contribution in [-0.2, 0) is 0 Å². The molecule has 9 aromatic rings. The zero-order valence-electron chi connectivity index (χ0n) is 23.3. The van der Waals surface area contributed by atoms with Crippen molar-refractivity contribution < 1.29 is 4.42 Å². The highest BCUT2D eigenvalue weighted by molar-refractivity contribution is 7.26. The maximum absolute atomic E-state index is 6.66. The van der Waals surface area contributed by atoms with Crippen molar-refractivity contribution in [2.75, 3.05) is 0 Å². The van der Waals surface area contributed by atoms with E-state index in [1.807, 2.05) is 72.8 Å². The van der Waals surface area contributed by atoms with Crippen LogP contribution in [0.4, 0.5) is 0 Å². The highest BCUT2D eigenvalue weighted by atomic mass is 32.1. The second-order valence-electron chi connectivity index (χ2n) is 10.7. The minimum Gasteiger partial charge on any atom is -0.435 e. The maximum Gasteiger partial charge on any atom is 0.227 e. The number of hydrogen-bond acceptors (Lipinski definition) is 6. The van der Waals surface area contributed by atoms with Crippen molar-refractivity contribution in [1.82, 2.24) is 19.9 Å². The highest BCUT2D eigenvalue weighted by Gasteiger charge is 2.19. The molecule has 3 heterocycles. The largest absolute Gasteiger partial charge is 0.435 e. The lowest BCUT2D eigenvalue weighted by molar-refractivity contribution is 0.624. The fraction of sp³-hybridized carbons (Fsp3) is 0. The van der Waals surface area contributed by atoms with E-state index in [9.17, 15) is 0 Å². The number of hydrogen-bond donors (Lipinski definition) is 0. The van der Waals surface area contributed by atoms with Gasteiger partial charge in [-0.2, -0.15) is 0 Å². The molecular weight excluding hydrogens is 561 g/mol. The summed E-state index contributed by atoms with van der Waals surface area (Å²) < 4.78 is 9.08. The first-order chi connectivity index (χ1) is 21.8. The van der Waals surface area contributed by atoms with Crippen LogP contribution in [0.1, 0.15) is 0 Å². The Morgan fingerprint density at radius 3 is 1.82 bits per heavy atom. The predicted octanol–water partition coefficient (Wildman–Crippen LogP) is 10.2. The average molecular weight is 583 g/mol. The van der Waals surface area contributed by atoms with Gasteiger partial charge in [0.1, 0.15) is 5.52 Å². The van der Waals surface area contributed by atoms with Crippen LogP contribution in [-0.4, -0.2) is 19.9 Å². The van der Waals surface area contributed by atoms with Crippen molar-refractivity contribution in [3.63, 3.8) is 0 Å². The third kappa shape index (κ3) is 4.07. The predicted molar refractivity (Wildman–Crippen MR) is 180 cm³/mol. The number of benzene rings is 6. The van der Waals surface area contributed by atoms with Gasteiger partial charge in [-0.3, -0.25) is 0 Å². The van der Waals surface area contributed by atoms with Gasteiger partial charge in [-0.1, -0.05) is 103 Å². The van der Waals surface area contributed by atoms with Crippen molar-refractivity contribution in [3.8, 4) is 45.6 Å². The number of nitrogens with zero attached hydrogens (tertiary/aromatic N) is 4. The third-order valence-electron chi connectivity index (χ3n) is 7.95. The highest BCUT2D eigenvalue weighted by Crippen LogP contribution is 2.41. The normalized spacial score (nSPS) is 11.6. The minimum atomic E-state index is 0.571. The number of aromatic nitrogens is 4. The van der Waals surface area contributed by atoms with Crippen LogP contribution in [0.15, 0.2) is 138 Å². The van der Waals surface area contributed by atoms with Gasteiger partial charge in [-0.05, 0) is 41.1 Å². The molecular formula is C38H22N4OS. The molecule has 6 heteroatoms. The monoisotopic (exact) mass is 582 g/mol. The Bertz CT molecular complexity index is 2440. The third-order valence-corrected chi connectivity index (χ3v) is 9.08. The molecule has 3 aromatic heterocycles. The average Bonchev–Trinajstić information content (AvgIpc) is 3.70. The summed E-state index contributed by atoms with van der Waals surface area (Å²) in [5.74, 6) is 2.41. The summed E-state index contributed by atoms with van der Waals surface area (Å²) >= 11 is 1.77. The maximum atomic E-state index is 6.66. The number of rotatable bonds is 4. The van der Waals surface area contributed by atoms with Gasteiger partial charge in [-0.25, -0.2) is 19.9 Å². The van der Waals surface area contributed by atoms with Gasteiger partial charge in [0, 0.05) is 42.4 Å². The van der Waals surface area contributed by atoms with E-state index in [0.717, 1.165) is 49.5 Å². The van der Waals surface area contributed by atoms with E-state index in [-0.39, 0.29) is 0 Å². The number of fused-ring (bicyclic) bond motifs is 6. The molecule has 0 bridgehead atoms. The Morgan fingerprint density at radius 1 is 0.477 bits per heavy atom. The summed E-state index contributed by atoms with van der Waals surface area (Å²) in [6.45, 7) is 0. The molecule has 0 saturated heterocycles. The lowest BCUT2D eigenvalue weighted by atomic mass is 10.00. The van der Waals surface area contributed by atoms with Gasteiger partial charge in [0.05, 0.1) is 0 Å². The summed E-state index contributed by atoms with van der Waals surface area (Å²) in [6, 6.07) is 45.2. The standard InChI is InChI=1S/C38H22N4OS/c1-3-11-23(12-4-1)35-40-36(24-13-5-2-6-14-24)42-37(41-35)26-21-25-15-7-8-16-27(25)29(22-26)38-39-30-19-20-32-33(34(30)43-38)28-17-9-10-18-31(28)44-32/h1-22H. The Kier molecular flexibility index (Phi) is 5.61. The molecule has 44 heavy (non-hydrogen) atoms. The Balaban J connectivity index is 1.28. The SMILES string of the molecule is c1ccc(-c2nc(-c3ccccc3)nc(-c3cc(-c4nc5ccc6sc7ccccc7c6c5o4)c4ccccc4c3)n2)cc1. The topological polar surface area (TPSA) is 64.7 Å². The molecule has 0 saturated carbocycles. The van der Waals surface area contributed by atoms with Crippen molar-refractivity contribution in [1.29, 1.82) is 0 Å². The Morgan fingerprint density at radius 2 is 1.09 bits per heavy atom. The molecule has 0 aliphatic rings. The first-order valence-electron chi connectivity index (χ1n) is 14.4. The van der Waals surface area contributed by atoms with Crippen LogP contribution >= 0.6 is 11.3 Å². The minimum absolute atomic E-state index is 0.571. The smallest absolute Gasteiger partial charge is 0.227 e. The zero-order chi connectivity index (χ0) is 29.0. The molecule has 0 N–H and O–H groups in total. The first kappa shape index (κ1) is 24.8. The van der Waals surface area contributed by atoms with E-state index in [2.05, 4.69) is 60.7 Å². The number of oxazole rings is 1. The number of thiophene rings is 1. The Labute approximate surface area is 256 Å². The lowest BCUT2D eigenvalue weighted by Gasteiger charge is -2.11. The van der Waals surface area contributed by atoms with E-state index in [0.29, 0.717) is 23.4 Å². The van der Waals surface area contributed by atoms with Crippen LogP contribution in [0.2, 0.25) is 0 Å². The summed E-state index contributed by atoms with van der Waals surface area (Å²) in [4.78, 5) is 19.8. The molecule has 0 fully saturated rings. The van der Waals surface area contributed by atoms with Crippen LogP contribution in [0.3, 0.4) is 0 Å². The molecule has 6 aromatic carbocycles. The van der Waals surface area contributed by atoms with E-state index in [1.54, 1.807) is 11.3 Å². The molecule has 0 atom stereocenters. The van der Waals surface area contributed by atoms with Gasteiger partial charge in [0.25, 0.3) is 0 Å². The van der Waals surface area contributed by atoms with Crippen molar-refractivity contribution in [2.24, 2.45) is 0 Å². The fourth-order valence-corrected chi connectivity index (χ4v) is 6.97. The van der Waals surface area contributed by atoms with Crippen molar-refractivity contribution in [3.05, 3.63) is 133 Å². The van der Waals surface area contributed by atoms with Gasteiger partial charge < -0.3 is 4.42 Å². The fourth-order valence-electron chi connectivity index (χ4n) is 5.86. The zero-order valence-corrected chi connectivity index (χ0v) is 24.1. The lowest BCUT2D eigenvalue weighted by Crippen LogP contribution is -2.00. The second-order valence-corrected chi connectivity index (χ2v) is 11.8. The Hall–Kier alpha value is -5.72. The molecule has 0 aliphatic carbocycles. The molecule has 206 valence electrons.